The Kier molecular flexibility index (Phi) is 8.54. The molecule has 0 aromatic heterocycles. The Balaban J connectivity index is 2.38. The number of aliphatic hydroxyl groups excluding tert-OH is 1. The monoisotopic (exact) mass is 262 g/mol. The molecule has 0 aliphatic rings. The molecule has 104 valence electrons. The molecule has 0 saturated heterocycles. The summed E-state index contributed by atoms with van der Waals surface area (Å²) in [5, 5.41) is 8.71. The van der Waals surface area contributed by atoms with Crippen molar-refractivity contribution in [2.24, 2.45) is 0 Å². The molecule has 1 aromatic carbocycles. The van der Waals surface area contributed by atoms with Gasteiger partial charge >= 0.3 is 0 Å². The summed E-state index contributed by atoms with van der Waals surface area (Å²) < 4.78 is 11.1. The van der Waals surface area contributed by atoms with Crippen molar-refractivity contribution in [1.29, 1.82) is 0 Å². The highest BCUT2D eigenvalue weighted by Crippen LogP contribution is 2.16. The SMILES string of the molecule is CCCCOCCOc1ccccc1C#CCCO. The van der Waals surface area contributed by atoms with Crippen molar-refractivity contribution in [3.05, 3.63) is 29.8 Å². The van der Waals surface area contributed by atoms with Gasteiger partial charge in [-0.15, -0.1) is 0 Å². The molecule has 0 amide bonds. The van der Waals surface area contributed by atoms with Crippen LogP contribution < -0.4 is 4.74 Å². The number of hydrogen-bond donors (Lipinski definition) is 1. The molecule has 1 aromatic rings. The number of rotatable bonds is 8. The van der Waals surface area contributed by atoms with Crippen LogP contribution in [-0.4, -0.2) is 31.5 Å². The summed E-state index contributed by atoms with van der Waals surface area (Å²) in [6, 6.07) is 7.66. The zero-order valence-corrected chi connectivity index (χ0v) is 11.5. The fourth-order valence-electron chi connectivity index (χ4n) is 1.47. The van der Waals surface area contributed by atoms with Crippen molar-refractivity contribution in [2.45, 2.75) is 26.2 Å². The summed E-state index contributed by atoms with van der Waals surface area (Å²) in [7, 11) is 0. The van der Waals surface area contributed by atoms with Gasteiger partial charge in [0.1, 0.15) is 12.4 Å². The van der Waals surface area contributed by atoms with Crippen LogP contribution >= 0.6 is 0 Å². The second-order valence-electron chi connectivity index (χ2n) is 4.09. The predicted molar refractivity (Wildman–Crippen MR) is 76.2 cm³/mol. The van der Waals surface area contributed by atoms with Crippen LogP contribution in [0.4, 0.5) is 0 Å². The molecule has 1 N–H and O–H groups in total. The fourth-order valence-corrected chi connectivity index (χ4v) is 1.47. The maximum Gasteiger partial charge on any atom is 0.135 e. The van der Waals surface area contributed by atoms with Gasteiger partial charge in [-0.05, 0) is 18.6 Å². The first-order valence-electron chi connectivity index (χ1n) is 6.77. The molecule has 0 radical (unpaired) electrons. The van der Waals surface area contributed by atoms with Gasteiger partial charge in [0.25, 0.3) is 0 Å². The lowest BCUT2D eigenvalue weighted by atomic mass is 10.2. The molecule has 0 spiro atoms. The third-order valence-corrected chi connectivity index (χ3v) is 2.47. The van der Waals surface area contributed by atoms with E-state index in [1.165, 1.54) is 0 Å². The lowest BCUT2D eigenvalue weighted by Crippen LogP contribution is -2.08. The minimum absolute atomic E-state index is 0.0846. The average molecular weight is 262 g/mol. The van der Waals surface area contributed by atoms with E-state index in [2.05, 4.69) is 18.8 Å². The van der Waals surface area contributed by atoms with Gasteiger partial charge in [-0.25, -0.2) is 0 Å². The van der Waals surface area contributed by atoms with Crippen molar-refractivity contribution < 1.29 is 14.6 Å². The third kappa shape index (κ3) is 6.85. The molecule has 0 atom stereocenters. The molecule has 0 unspecified atom stereocenters. The van der Waals surface area contributed by atoms with Crippen LogP contribution in [0, 0.1) is 11.8 Å². The minimum atomic E-state index is 0.0846. The maximum absolute atomic E-state index is 8.71. The molecule has 0 saturated carbocycles. The molecular formula is C16H22O3. The molecule has 0 fully saturated rings. The summed E-state index contributed by atoms with van der Waals surface area (Å²) in [6.07, 6.45) is 2.71. The number of aliphatic hydroxyl groups is 1. The van der Waals surface area contributed by atoms with E-state index >= 15 is 0 Å². The lowest BCUT2D eigenvalue weighted by Gasteiger charge is -2.08. The molecule has 0 bridgehead atoms. The fraction of sp³-hybridized carbons (Fsp3) is 0.500. The molecular weight excluding hydrogens is 240 g/mol. The Morgan fingerprint density at radius 3 is 2.79 bits per heavy atom. The van der Waals surface area contributed by atoms with Crippen LogP contribution in [0.5, 0.6) is 5.75 Å². The Labute approximate surface area is 115 Å². The standard InChI is InChI=1S/C16H22O3/c1-2-3-12-18-13-14-19-16-10-5-4-8-15(16)9-6-7-11-17/h4-5,8,10,17H,2-3,7,11-14H2,1H3. The molecule has 0 aliphatic heterocycles. The first-order valence-corrected chi connectivity index (χ1v) is 6.77. The van der Waals surface area contributed by atoms with Crippen molar-refractivity contribution in [2.75, 3.05) is 26.4 Å². The molecule has 0 heterocycles. The van der Waals surface area contributed by atoms with Gasteiger partial charge in [0, 0.05) is 13.0 Å². The molecule has 3 heteroatoms. The van der Waals surface area contributed by atoms with E-state index < -0.39 is 0 Å². The number of ether oxygens (including phenoxy) is 2. The first-order chi connectivity index (χ1) is 9.38. The highest BCUT2D eigenvalue weighted by molar-refractivity contribution is 5.45. The van der Waals surface area contributed by atoms with Gasteiger partial charge in [-0.1, -0.05) is 37.3 Å². The van der Waals surface area contributed by atoms with Crippen LogP contribution in [0.1, 0.15) is 31.7 Å². The Morgan fingerprint density at radius 2 is 2.00 bits per heavy atom. The van der Waals surface area contributed by atoms with Gasteiger partial charge in [0.15, 0.2) is 0 Å². The zero-order valence-electron chi connectivity index (χ0n) is 11.5. The zero-order chi connectivity index (χ0) is 13.8. The summed E-state index contributed by atoms with van der Waals surface area (Å²) in [5.74, 6) is 6.67. The van der Waals surface area contributed by atoms with Gasteiger partial charge in [-0.2, -0.15) is 0 Å². The lowest BCUT2D eigenvalue weighted by molar-refractivity contribution is 0.0980. The quantitative estimate of drug-likeness (QED) is 0.578. The number of unbranched alkanes of at least 4 members (excludes halogenated alkanes) is 1. The molecule has 3 nitrogen and oxygen atoms in total. The maximum atomic E-state index is 8.71. The van der Waals surface area contributed by atoms with Crippen LogP contribution in [0.25, 0.3) is 0 Å². The Morgan fingerprint density at radius 1 is 1.16 bits per heavy atom. The van der Waals surface area contributed by atoms with Gasteiger partial charge < -0.3 is 14.6 Å². The van der Waals surface area contributed by atoms with E-state index in [4.69, 9.17) is 14.6 Å². The number of para-hydroxylation sites is 1. The topological polar surface area (TPSA) is 38.7 Å². The van der Waals surface area contributed by atoms with E-state index in [-0.39, 0.29) is 6.61 Å². The van der Waals surface area contributed by atoms with Crippen LogP contribution in [0.3, 0.4) is 0 Å². The second kappa shape index (κ2) is 10.4. The average Bonchev–Trinajstić information content (AvgIpc) is 2.44. The van der Waals surface area contributed by atoms with Crippen LogP contribution in [0.2, 0.25) is 0 Å². The largest absolute Gasteiger partial charge is 0.490 e. The Hall–Kier alpha value is -1.50. The summed E-state index contributed by atoms with van der Waals surface area (Å²) in [4.78, 5) is 0. The van der Waals surface area contributed by atoms with Crippen molar-refractivity contribution in [1.82, 2.24) is 0 Å². The second-order valence-corrected chi connectivity index (χ2v) is 4.09. The summed E-state index contributed by atoms with van der Waals surface area (Å²) in [5.41, 5.74) is 0.851. The summed E-state index contributed by atoms with van der Waals surface area (Å²) >= 11 is 0. The van der Waals surface area contributed by atoms with E-state index in [0.29, 0.717) is 19.6 Å². The van der Waals surface area contributed by atoms with E-state index in [9.17, 15) is 0 Å². The van der Waals surface area contributed by atoms with E-state index in [1.807, 2.05) is 24.3 Å². The smallest absolute Gasteiger partial charge is 0.135 e. The predicted octanol–water partition coefficient (Wildman–Crippen LogP) is 2.62. The van der Waals surface area contributed by atoms with Crippen LogP contribution in [-0.2, 0) is 4.74 Å². The third-order valence-electron chi connectivity index (χ3n) is 2.47. The molecule has 0 aliphatic carbocycles. The van der Waals surface area contributed by atoms with Crippen molar-refractivity contribution in [3.63, 3.8) is 0 Å². The highest BCUT2D eigenvalue weighted by Gasteiger charge is 1.99. The van der Waals surface area contributed by atoms with Gasteiger partial charge in [-0.3, -0.25) is 0 Å². The highest BCUT2D eigenvalue weighted by atomic mass is 16.5. The molecule has 19 heavy (non-hydrogen) atoms. The molecule has 1 rings (SSSR count). The number of benzene rings is 1. The van der Waals surface area contributed by atoms with Crippen LogP contribution in [0.15, 0.2) is 24.3 Å². The Bertz CT molecular complexity index is 404. The van der Waals surface area contributed by atoms with Crippen molar-refractivity contribution >= 4 is 0 Å². The summed E-state index contributed by atoms with van der Waals surface area (Å²) in [6.45, 7) is 4.14. The minimum Gasteiger partial charge on any atom is -0.490 e. The first kappa shape index (κ1) is 15.6. The normalized spacial score (nSPS) is 9.79. The number of hydrogen-bond acceptors (Lipinski definition) is 3. The van der Waals surface area contributed by atoms with E-state index in [0.717, 1.165) is 30.8 Å². The van der Waals surface area contributed by atoms with Crippen molar-refractivity contribution in [3.8, 4) is 17.6 Å². The van der Waals surface area contributed by atoms with Gasteiger partial charge in [0.2, 0.25) is 0 Å². The van der Waals surface area contributed by atoms with Gasteiger partial charge in [0.05, 0.1) is 18.8 Å². The van der Waals surface area contributed by atoms with E-state index in [1.54, 1.807) is 0 Å².